The van der Waals surface area contributed by atoms with Crippen LogP contribution in [0.2, 0.25) is 5.02 Å². The molecular formula is C14H22ClIN4O2S. The van der Waals surface area contributed by atoms with Gasteiger partial charge in [-0.15, -0.1) is 24.0 Å². The Balaban J connectivity index is 0.00000264. The van der Waals surface area contributed by atoms with Crippen LogP contribution in [0.5, 0.6) is 0 Å². The summed E-state index contributed by atoms with van der Waals surface area (Å²) in [7, 11) is -3.00. The summed E-state index contributed by atoms with van der Waals surface area (Å²) in [4.78, 5) is 8.39. The summed E-state index contributed by atoms with van der Waals surface area (Å²) in [6.45, 7) is 3.41. The molecule has 0 aromatic heterocycles. The first-order valence-corrected chi connectivity index (χ1v) is 9.52. The molecule has 1 aromatic carbocycles. The number of halogens is 2. The Morgan fingerprint density at radius 3 is 2.30 bits per heavy atom. The number of hydrogen-bond donors (Lipinski definition) is 1. The van der Waals surface area contributed by atoms with Crippen LogP contribution in [0, 0.1) is 0 Å². The van der Waals surface area contributed by atoms with Crippen molar-refractivity contribution in [2.75, 3.05) is 49.6 Å². The summed E-state index contributed by atoms with van der Waals surface area (Å²) in [6.07, 6.45) is 1.20. The highest BCUT2D eigenvalue weighted by Crippen LogP contribution is 2.19. The van der Waals surface area contributed by atoms with Crippen LogP contribution in [0.25, 0.3) is 0 Å². The number of rotatable bonds is 4. The van der Waals surface area contributed by atoms with Crippen LogP contribution in [0.3, 0.4) is 0 Å². The minimum absolute atomic E-state index is 0. The van der Waals surface area contributed by atoms with Crippen LogP contribution in [-0.2, 0) is 9.84 Å². The van der Waals surface area contributed by atoms with E-state index in [0.717, 1.165) is 36.9 Å². The fourth-order valence-electron chi connectivity index (χ4n) is 2.27. The highest BCUT2D eigenvalue weighted by molar-refractivity contribution is 14.0. The third-order valence-electron chi connectivity index (χ3n) is 3.53. The van der Waals surface area contributed by atoms with Gasteiger partial charge in [-0.25, -0.2) is 8.42 Å². The van der Waals surface area contributed by atoms with E-state index in [4.69, 9.17) is 17.3 Å². The van der Waals surface area contributed by atoms with Crippen LogP contribution in [-0.4, -0.2) is 64.0 Å². The summed E-state index contributed by atoms with van der Waals surface area (Å²) in [5.74, 6) is 0.442. The number of benzene rings is 1. The maximum absolute atomic E-state index is 11.1. The Bertz CT molecular complexity index is 629. The fraction of sp³-hybridized carbons (Fsp3) is 0.500. The van der Waals surface area contributed by atoms with Crippen molar-refractivity contribution in [2.45, 2.75) is 0 Å². The molecule has 6 nitrogen and oxygen atoms in total. The second-order valence-corrected chi connectivity index (χ2v) is 8.02. The minimum atomic E-state index is -3.00. The third-order valence-corrected chi connectivity index (χ3v) is 4.71. The normalized spacial score (nSPS) is 16.2. The standard InChI is InChI=1S/C14H21ClN4O2S.HI/c1-22(20,21)11-6-17-14(16)19-9-7-18(8-10-19)13-4-2-12(15)3-5-13;/h2-5H,6-11H2,1H3,(H2,16,17);1H. The Hall–Kier alpha value is -0.740. The number of hydrogen-bond acceptors (Lipinski definition) is 4. The van der Waals surface area contributed by atoms with Gasteiger partial charge in [0, 0.05) is 43.1 Å². The van der Waals surface area contributed by atoms with Crippen molar-refractivity contribution in [2.24, 2.45) is 10.7 Å². The molecule has 2 N–H and O–H groups in total. The van der Waals surface area contributed by atoms with Crippen molar-refractivity contribution in [3.05, 3.63) is 29.3 Å². The van der Waals surface area contributed by atoms with Crippen molar-refractivity contribution in [1.29, 1.82) is 0 Å². The number of piperazine rings is 1. The first-order valence-electron chi connectivity index (χ1n) is 7.08. The SMILES string of the molecule is CS(=O)(=O)CCN=C(N)N1CCN(c2ccc(Cl)cc2)CC1.I. The molecule has 23 heavy (non-hydrogen) atoms. The van der Waals surface area contributed by atoms with Gasteiger partial charge in [0.25, 0.3) is 0 Å². The topological polar surface area (TPSA) is 79.0 Å². The van der Waals surface area contributed by atoms with Crippen LogP contribution in [0.1, 0.15) is 0 Å². The van der Waals surface area contributed by atoms with E-state index in [1.54, 1.807) is 0 Å². The van der Waals surface area contributed by atoms with Gasteiger partial charge in [0.15, 0.2) is 5.96 Å². The lowest BCUT2D eigenvalue weighted by molar-refractivity contribution is 0.381. The molecule has 0 atom stereocenters. The van der Waals surface area contributed by atoms with Gasteiger partial charge in [-0.05, 0) is 24.3 Å². The molecule has 0 saturated carbocycles. The molecule has 1 aromatic rings. The lowest BCUT2D eigenvalue weighted by Gasteiger charge is -2.36. The van der Waals surface area contributed by atoms with Crippen molar-refractivity contribution >= 4 is 57.1 Å². The van der Waals surface area contributed by atoms with E-state index in [2.05, 4.69) is 9.89 Å². The molecule has 1 aliphatic heterocycles. The lowest BCUT2D eigenvalue weighted by atomic mass is 10.2. The molecule has 0 unspecified atom stereocenters. The van der Waals surface area contributed by atoms with Crippen molar-refractivity contribution in [3.63, 3.8) is 0 Å². The van der Waals surface area contributed by atoms with Crippen molar-refractivity contribution in [3.8, 4) is 0 Å². The average Bonchev–Trinajstić information content (AvgIpc) is 2.47. The third kappa shape index (κ3) is 6.72. The Morgan fingerprint density at radius 1 is 1.22 bits per heavy atom. The smallest absolute Gasteiger partial charge is 0.191 e. The summed E-state index contributed by atoms with van der Waals surface area (Å²) in [5.41, 5.74) is 7.06. The van der Waals surface area contributed by atoms with E-state index < -0.39 is 9.84 Å². The van der Waals surface area contributed by atoms with Crippen LogP contribution in [0.4, 0.5) is 5.69 Å². The number of guanidine groups is 1. The number of aliphatic imine (C=N–C) groups is 1. The summed E-state index contributed by atoms with van der Waals surface area (Å²) < 4.78 is 22.1. The molecule has 0 amide bonds. The van der Waals surface area contributed by atoms with Gasteiger partial charge in [0.2, 0.25) is 0 Å². The second kappa shape index (κ2) is 8.93. The predicted octanol–water partition coefficient (Wildman–Crippen LogP) is 1.44. The van der Waals surface area contributed by atoms with Gasteiger partial charge in [0.05, 0.1) is 12.3 Å². The van der Waals surface area contributed by atoms with Crippen molar-refractivity contribution < 1.29 is 8.42 Å². The molecular weight excluding hydrogens is 451 g/mol. The van der Waals surface area contributed by atoms with E-state index in [1.807, 2.05) is 29.2 Å². The van der Waals surface area contributed by atoms with Gasteiger partial charge in [-0.3, -0.25) is 4.99 Å². The average molecular weight is 473 g/mol. The molecule has 130 valence electrons. The van der Waals surface area contributed by atoms with E-state index in [-0.39, 0.29) is 36.3 Å². The molecule has 2 rings (SSSR count). The highest BCUT2D eigenvalue weighted by atomic mass is 127. The maximum Gasteiger partial charge on any atom is 0.191 e. The van der Waals surface area contributed by atoms with Gasteiger partial charge in [0.1, 0.15) is 9.84 Å². The van der Waals surface area contributed by atoms with E-state index in [0.29, 0.717) is 5.96 Å². The Kier molecular flexibility index (Phi) is 7.88. The van der Waals surface area contributed by atoms with Gasteiger partial charge in [-0.2, -0.15) is 0 Å². The highest BCUT2D eigenvalue weighted by Gasteiger charge is 2.18. The molecule has 1 aliphatic rings. The molecule has 1 heterocycles. The summed E-state index contributed by atoms with van der Waals surface area (Å²) in [6, 6.07) is 7.76. The molecule has 0 aliphatic carbocycles. The van der Waals surface area contributed by atoms with E-state index in [1.165, 1.54) is 6.26 Å². The molecule has 0 spiro atoms. The zero-order chi connectivity index (χ0) is 16.2. The van der Waals surface area contributed by atoms with E-state index in [9.17, 15) is 8.42 Å². The molecule has 0 radical (unpaired) electrons. The second-order valence-electron chi connectivity index (χ2n) is 5.32. The lowest BCUT2D eigenvalue weighted by Crippen LogP contribution is -2.51. The van der Waals surface area contributed by atoms with E-state index >= 15 is 0 Å². The van der Waals surface area contributed by atoms with Crippen LogP contribution < -0.4 is 10.6 Å². The first-order chi connectivity index (χ1) is 10.3. The Morgan fingerprint density at radius 2 is 1.78 bits per heavy atom. The molecule has 1 fully saturated rings. The maximum atomic E-state index is 11.1. The molecule has 9 heteroatoms. The fourth-order valence-corrected chi connectivity index (χ4v) is 2.82. The number of nitrogens with zero attached hydrogens (tertiary/aromatic N) is 3. The summed E-state index contributed by atoms with van der Waals surface area (Å²) in [5, 5.41) is 0.727. The molecule has 1 saturated heterocycles. The number of anilines is 1. The quantitative estimate of drug-likeness (QED) is 0.408. The van der Waals surface area contributed by atoms with Crippen LogP contribution >= 0.6 is 35.6 Å². The first kappa shape index (κ1) is 20.3. The van der Waals surface area contributed by atoms with Crippen LogP contribution in [0.15, 0.2) is 29.3 Å². The zero-order valence-corrected chi connectivity index (χ0v) is 16.9. The van der Waals surface area contributed by atoms with Gasteiger partial charge >= 0.3 is 0 Å². The summed E-state index contributed by atoms with van der Waals surface area (Å²) >= 11 is 5.89. The van der Waals surface area contributed by atoms with Gasteiger partial charge < -0.3 is 15.5 Å². The van der Waals surface area contributed by atoms with Gasteiger partial charge in [-0.1, -0.05) is 11.6 Å². The zero-order valence-electron chi connectivity index (χ0n) is 13.0. The number of sulfone groups is 1. The van der Waals surface area contributed by atoms with Crippen molar-refractivity contribution in [1.82, 2.24) is 4.90 Å². The minimum Gasteiger partial charge on any atom is -0.370 e. The molecule has 0 bridgehead atoms. The largest absolute Gasteiger partial charge is 0.370 e. The monoisotopic (exact) mass is 472 g/mol. The Labute approximate surface area is 159 Å². The predicted molar refractivity (Wildman–Crippen MR) is 107 cm³/mol. The number of nitrogens with two attached hydrogens (primary N) is 1.